The van der Waals surface area contributed by atoms with Gasteiger partial charge in [0.15, 0.2) is 0 Å². The molecule has 0 radical (unpaired) electrons. The van der Waals surface area contributed by atoms with Gasteiger partial charge in [0.2, 0.25) is 0 Å². The Balaban J connectivity index is 1.52. The first-order valence-electron chi connectivity index (χ1n) is 10.2. The molecule has 1 atom stereocenters. The van der Waals surface area contributed by atoms with Crippen LogP contribution in [0.4, 0.5) is 0 Å². The fourth-order valence-corrected chi connectivity index (χ4v) is 3.53. The van der Waals surface area contributed by atoms with Crippen molar-refractivity contribution < 1.29 is 18.8 Å². The third-order valence-corrected chi connectivity index (χ3v) is 5.82. The van der Waals surface area contributed by atoms with Gasteiger partial charge in [0.1, 0.15) is 5.60 Å². The van der Waals surface area contributed by atoms with E-state index >= 15 is 0 Å². The van der Waals surface area contributed by atoms with E-state index in [9.17, 15) is 4.79 Å². The van der Waals surface area contributed by atoms with Crippen molar-refractivity contribution in [2.75, 3.05) is 19.6 Å². The zero-order valence-corrected chi connectivity index (χ0v) is 18.3. The summed E-state index contributed by atoms with van der Waals surface area (Å²) in [5.41, 5.74) is -0.188. The Morgan fingerprint density at radius 3 is 2.54 bits per heavy atom. The Morgan fingerprint density at radius 2 is 1.93 bits per heavy atom. The Morgan fingerprint density at radius 1 is 1.29 bits per heavy atom. The molecule has 0 spiro atoms. The van der Waals surface area contributed by atoms with Gasteiger partial charge in [-0.1, -0.05) is 0 Å². The van der Waals surface area contributed by atoms with E-state index in [1.165, 1.54) is 0 Å². The summed E-state index contributed by atoms with van der Waals surface area (Å²) in [4.78, 5) is 14.2. The van der Waals surface area contributed by atoms with Crippen LogP contribution in [0.1, 0.15) is 67.3 Å². The number of nitrogens with zero attached hydrogens (tertiary/aromatic N) is 3. The monoisotopic (exact) mass is 391 g/mol. The summed E-state index contributed by atoms with van der Waals surface area (Å²) >= 11 is 0. The predicted molar refractivity (Wildman–Crippen MR) is 108 cm³/mol. The highest BCUT2D eigenvalue weighted by molar-refractivity contribution is 6.62. The summed E-state index contributed by atoms with van der Waals surface area (Å²) in [6, 6.07) is 0.301. The van der Waals surface area contributed by atoms with E-state index < -0.39 is 5.60 Å². The molecule has 1 aromatic rings. The maximum absolute atomic E-state index is 11.9. The predicted octanol–water partition coefficient (Wildman–Crippen LogP) is 2.16. The van der Waals surface area contributed by atoms with E-state index in [1.54, 1.807) is 0 Å². The molecule has 2 saturated heterocycles. The Labute approximate surface area is 168 Å². The highest BCUT2D eigenvalue weighted by atomic mass is 16.7. The third-order valence-electron chi connectivity index (χ3n) is 5.82. The molecular formula is C20H34BN3O4. The van der Waals surface area contributed by atoms with Crippen molar-refractivity contribution in [3.63, 3.8) is 0 Å². The first-order chi connectivity index (χ1) is 12.9. The van der Waals surface area contributed by atoms with Crippen LogP contribution in [-0.4, -0.2) is 64.2 Å². The van der Waals surface area contributed by atoms with Crippen LogP contribution in [0, 0.1) is 0 Å². The van der Waals surface area contributed by atoms with Crippen LogP contribution in [0.15, 0.2) is 12.4 Å². The number of likely N-dealkylation sites (tertiary alicyclic amines) is 1. The Hall–Kier alpha value is -1.38. The lowest BCUT2D eigenvalue weighted by atomic mass is 9.82. The summed E-state index contributed by atoms with van der Waals surface area (Å²) in [5.74, 6) is -0.141. The molecule has 2 aliphatic heterocycles. The van der Waals surface area contributed by atoms with Gasteiger partial charge in [-0.25, -0.2) is 0 Å². The molecule has 8 heteroatoms. The number of carbonyl (C=O) groups is 1. The molecule has 28 heavy (non-hydrogen) atoms. The molecule has 1 aromatic heterocycles. The number of esters is 1. The van der Waals surface area contributed by atoms with Gasteiger partial charge in [0.05, 0.1) is 23.7 Å². The number of carbonyl (C=O) groups excluding carboxylic acids is 1. The highest BCUT2D eigenvalue weighted by Gasteiger charge is 2.52. The standard InChI is InChI=1S/C20H34BN3O4/c1-18(2,3)26-17(25)9-11-23-10-8-16(14-23)24-13-15(12-22-24)21-27-19(4,5)20(6,7)28-21/h12-13,16H,8-11,14H2,1-7H3. The Kier molecular flexibility index (Phi) is 5.69. The number of hydrogen-bond donors (Lipinski definition) is 0. The van der Waals surface area contributed by atoms with E-state index in [2.05, 4.69) is 37.7 Å². The number of rotatable bonds is 5. The summed E-state index contributed by atoms with van der Waals surface area (Å²) in [7, 11) is -0.386. The second-order valence-corrected chi connectivity index (χ2v) is 9.92. The molecule has 0 aliphatic carbocycles. The largest absolute Gasteiger partial charge is 0.498 e. The Bertz CT molecular complexity index is 695. The molecule has 2 aliphatic rings. The minimum absolute atomic E-state index is 0.141. The van der Waals surface area contributed by atoms with Gasteiger partial charge in [0, 0.05) is 37.5 Å². The molecule has 0 bridgehead atoms. The van der Waals surface area contributed by atoms with Crippen LogP contribution in [-0.2, 0) is 18.8 Å². The van der Waals surface area contributed by atoms with Crippen LogP contribution in [0.2, 0.25) is 0 Å². The van der Waals surface area contributed by atoms with E-state index in [0.717, 1.165) is 31.5 Å². The second-order valence-electron chi connectivity index (χ2n) is 9.92. The van der Waals surface area contributed by atoms with Gasteiger partial charge in [0.25, 0.3) is 0 Å². The maximum Gasteiger partial charge on any atom is 0.498 e. The molecule has 156 valence electrons. The topological polar surface area (TPSA) is 65.8 Å². The molecule has 7 nitrogen and oxygen atoms in total. The second kappa shape index (κ2) is 7.46. The third kappa shape index (κ3) is 4.78. The summed E-state index contributed by atoms with van der Waals surface area (Å²) in [5, 5.41) is 4.55. The molecule has 0 saturated carbocycles. The van der Waals surface area contributed by atoms with Crippen LogP contribution < -0.4 is 5.46 Å². The number of aromatic nitrogens is 2. The minimum Gasteiger partial charge on any atom is -0.460 e. The molecule has 0 aromatic carbocycles. The van der Waals surface area contributed by atoms with Crippen LogP contribution in [0.25, 0.3) is 0 Å². The van der Waals surface area contributed by atoms with Crippen molar-refractivity contribution in [3.05, 3.63) is 12.4 Å². The van der Waals surface area contributed by atoms with Crippen LogP contribution >= 0.6 is 0 Å². The highest BCUT2D eigenvalue weighted by Crippen LogP contribution is 2.36. The van der Waals surface area contributed by atoms with Gasteiger partial charge >= 0.3 is 13.1 Å². The normalized spacial score (nSPS) is 24.7. The van der Waals surface area contributed by atoms with E-state index in [1.807, 2.05) is 37.8 Å². The maximum atomic E-state index is 11.9. The average Bonchev–Trinajstić information content (AvgIpc) is 3.22. The lowest BCUT2D eigenvalue weighted by Gasteiger charge is -2.32. The quantitative estimate of drug-likeness (QED) is 0.566. The molecule has 3 rings (SSSR count). The summed E-state index contributed by atoms with van der Waals surface area (Å²) in [6.07, 6.45) is 5.30. The molecule has 0 amide bonds. The van der Waals surface area contributed by atoms with Gasteiger partial charge < -0.3 is 18.9 Å². The van der Waals surface area contributed by atoms with E-state index in [-0.39, 0.29) is 24.3 Å². The molecule has 1 unspecified atom stereocenters. The van der Waals surface area contributed by atoms with Crippen molar-refractivity contribution in [2.45, 2.75) is 84.2 Å². The lowest BCUT2D eigenvalue weighted by molar-refractivity contribution is -0.155. The van der Waals surface area contributed by atoms with Crippen LogP contribution in [0.3, 0.4) is 0 Å². The number of ether oxygens (including phenoxy) is 1. The van der Waals surface area contributed by atoms with Crippen molar-refractivity contribution >= 4 is 18.6 Å². The summed E-state index contributed by atoms with van der Waals surface area (Å²) < 4.78 is 19.6. The lowest BCUT2D eigenvalue weighted by Crippen LogP contribution is -2.41. The van der Waals surface area contributed by atoms with E-state index in [4.69, 9.17) is 14.0 Å². The fraction of sp³-hybridized carbons (Fsp3) is 0.800. The first-order valence-corrected chi connectivity index (χ1v) is 10.2. The zero-order chi connectivity index (χ0) is 20.7. The smallest absolute Gasteiger partial charge is 0.460 e. The minimum atomic E-state index is -0.427. The zero-order valence-electron chi connectivity index (χ0n) is 18.3. The van der Waals surface area contributed by atoms with Crippen molar-refractivity contribution in [1.82, 2.24) is 14.7 Å². The molecular weight excluding hydrogens is 357 g/mol. The van der Waals surface area contributed by atoms with Crippen molar-refractivity contribution in [1.29, 1.82) is 0 Å². The molecule has 3 heterocycles. The molecule has 2 fully saturated rings. The van der Waals surface area contributed by atoms with Gasteiger partial charge in [-0.2, -0.15) is 5.10 Å². The molecule has 0 N–H and O–H groups in total. The fourth-order valence-electron chi connectivity index (χ4n) is 3.53. The average molecular weight is 391 g/mol. The van der Waals surface area contributed by atoms with Crippen LogP contribution in [0.5, 0.6) is 0 Å². The number of hydrogen-bond acceptors (Lipinski definition) is 6. The van der Waals surface area contributed by atoms with Gasteiger partial charge in [-0.05, 0) is 54.9 Å². The van der Waals surface area contributed by atoms with Crippen molar-refractivity contribution in [3.8, 4) is 0 Å². The summed E-state index contributed by atoms with van der Waals surface area (Å²) in [6.45, 7) is 16.5. The van der Waals surface area contributed by atoms with E-state index in [0.29, 0.717) is 12.5 Å². The van der Waals surface area contributed by atoms with Crippen molar-refractivity contribution in [2.24, 2.45) is 0 Å². The van der Waals surface area contributed by atoms with Gasteiger partial charge in [-0.3, -0.25) is 9.48 Å². The van der Waals surface area contributed by atoms with Gasteiger partial charge in [-0.15, -0.1) is 0 Å². The SMILES string of the molecule is CC(C)(C)OC(=O)CCN1CCC(n2cc(B3OC(C)(C)C(C)(C)O3)cn2)C1. The first kappa shape index (κ1) is 21.3.